The Labute approximate surface area is 98.9 Å². The number of hydrogen-bond acceptors (Lipinski definition) is 2. The summed E-state index contributed by atoms with van der Waals surface area (Å²) in [6.07, 6.45) is 0.632. The Morgan fingerprint density at radius 2 is 2.00 bits per heavy atom. The van der Waals surface area contributed by atoms with Gasteiger partial charge in [0.05, 0.1) is 5.84 Å². The first-order chi connectivity index (χ1) is 7.08. The third-order valence-electron chi connectivity index (χ3n) is 2.13. The molecule has 3 N–H and O–H groups in total. The van der Waals surface area contributed by atoms with E-state index in [1.54, 1.807) is 0 Å². The third kappa shape index (κ3) is 4.95. The van der Waals surface area contributed by atoms with Crippen molar-refractivity contribution < 1.29 is 0 Å². The van der Waals surface area contributed by atoms with Gasteiger partial charge in [-0.1, -0.05) is 28.1 Å². The lowest BCUT2D eigenvalue weighted by Gasteiger charge is -2.16. The molecule has 0 aromatic heterocycles. The lowest BCUT2D eigenvalue weighted by molar-refractivity contribution is 0.336. The number of benzene rings is 1. The Bertz CT molecular complexity index is 321. The molecule has 0 fully saturated rings. The molecular formula is C11H16BrN3. The normalized spacial score (nSPS) is 10.6. The molecule has 0 spiro atoms. The van der Waals surface area contributed by atoms with E-state index in [0.717, 1.165) is 17.6 Å². The van der Waals surface area contributed by atoms with E-state index in [0.29, 0.717) is 6.42 Å². The summed E-state index contributed by atoms with van der Waals surface area (Å²) < 4.78 is 1.10. The fourth-order valence-corrected chi connectivity index (χ4v) is 1.56. The molecule has 1 aromatic carbocycles. The highest BCUT2D eigenvalue weighted by Gasteiger charge is 2.00. The van der Waals surface area contributed by atoms with Crippen LogP contribution in [0.3, 0.4) is 0 Å². The zero-order valence-electron chi connectivity index (χ0n) is 8.83. The van der Waals surface area contributed by atoms with Crippen molar-refractivity contribution in [3.05, 3.63) is 34.3 Å². The van der Waals surface area contributed by atoms with E-state index < -0.39 is 0 Å². The molecule has 0 aliphatic carbocycles. The molecule has 0 atom stereocenters. The SMILES string of the molecule is CN(CCC(=N)N)Cc1ccc(Br)cc1. The minimum absolute atomic E-state index is 0.248. The zero-order chi connectivity index (χ0) is 11.3. The predicted octanol–water partition coefficient (Wildman–Crippen LogP) is 2.21. The first-order valence-electron chi connectivity index (χ1n) is 4.84. The summed E-state index contributed by atoms with van der Waals surface area (Å²) in [5, 5.41) is 7.14. The Kier molecular flexibility index (Phi) is 4.78. The summed E-state index contributed by atoms with van der Waals surface area (Å²) in [7, 11) is 2.03. The maximum atomic E-state index is 7.14. The maximum absolute atomic E-state index is 7.14. The fraction of sp³-hybridized carbons (Fsp3) is 0.364. The molecule has 0 radical (unpaired) electrons. The Hall–Kier alpha value is -0.870. The molecule has 15 heavy (non-hydrogen) atoms. The van der Waals surface area contributed by atoms with Gasteiger partial charge in [-0.25, -0.2) is 0 Å². The molecule has 0 aliphatic heterocycles. The second-order valence-electron chi connectivity index (χ2n) is 3.64. The van der Waals surface area contributed by atoms with Crippen LogP contribution in [0, 0.1) is 5.41 Å². The second kappa shape index (κ2) is 5.88. The fourth-order valence-electron chi connectivity index (χ4n) is 1.29. The standard InChI is InChI=1S/C11H16BrN3/c1-15(7-6-11(13)14)8-9-2-4-10(12)5-3-9/h2-5H,6-8H2,1H3,(H3,13,14). The highest BCUT2D eigenvalue weighted by Crippen LogP contribution is 2.11. The van der Waals surface area contributed by atoms with Crippen molar-refractivity contribution in [1.29, 1.82) is 5.41 Å². The van der Waals surface area contributed by atoms with E-state index in [9.17, 15) is 0 Å². The summed E-state index contributed by atoms with van der Waals surface area (Å²) in [6.45, 7) is 1.71. The number of nitrogens with two attached hydrogens (primary N) is 1. The molecule has 0 heterocycles. The van der Waals surface area contributed by atoms with E-state index in [-0.39, 0.29) is 5.84 Å². The summed E-state index contributed by atoms with van der Waals surface area (Å²) >= 11 is 3.40. The van der Waals surface area contributed by atoms with Gasteiger partial charge in [-0.15, -0.1) is 0 Å². The number of nitrogens with one attached hydrogen (secondary N) is 1. The molecule has 1 aromatic rings. The van der Waals surface area contributed by atoms with Crippen LogP contribution in [0.4, 0.5) is 0 Å². The van der Waals surface area contributed by atoms with Gasteiger partial charge in [0.25, 0.3) is 0 Å². The molecule has 1 rings (SSSR count). The largest absolute Gasteiger partial charge is 0.388 e. The minimum Gasteiger partial charge on any atom is -0.388 e. The molecule has 0 aliphatic rings. The first kappa shape index (κ1) is 12.2. The van der Waals surface area contributed by atoms with Crippen LogP contribution in [-0.4, -0.2) is 24.3 Å². The van der Waals surface area contributed by atoms with E-state index >= 15 is 0 Å². The summed E-state index contributed by atoms with van der Waals surface area (Å²) in [5.41, 5.74) is 6.57. The second-order valence-corrected chi connectivity index (χ2v) is 4.56. The van der Waals surface area contributed by atoms with Crippen LogP contribution in [0.2, 0.25) is 0 Å². The highest BCUT2D eigenvalue weighted by atomic mass is 79.9. The van der Waals surface area contributed by atoms with E-state index in [1.807, 2.05) is 19.2 Å². The van der Waals surface area contributed by atoms with Crippen molar-refractivity contribution in [3.8, 4) is 0 Å². The monoisotopic (exact) mass is 269 g/mol. The molecule has 0 saturated heterocycles. The van der Waals surface area contributed by atoms with Gasteiger partial charge in [0.15, 0.2) is 0 Å². The van der Waals surface area contributed by atoms with E-state index in [4.69, 9.17) is 11.1 Å². The number of nitrogens with zero attached hydrogens (tertiary/aromatic N) is 1. The Morgan fingerprint density at radius 1 is 1.40 bits per heavy atom. The van der Waals surface area contributed by atoms with E-state index in [1.165, 1.54) is 5.56 Å². The van der Waals surface area contributed by atoms with Crippen LogP contribution in [0.15, 0.2) is 28.7 Å². The number of rotatable bonds is 5. The summed E-state index contributed by atoms with van der Waals surface area (Å²) in [5.74, 6) is 0.248. The quantitative estimate of drug-likeness (QED) is 0.636. The molecule has 0 bridgehead atoms. The predicted molar refractivity (Wildman–Crippen MR) is 67.0 cm³/mol. The van der Waals surface area contributed by atoms with Gasteiger partial charge in [0.1, 0.15) is 0 Å². The minimum atomic E-state index is 0.248. The van der Waals surface area contributed by atoms with Crippen molar-refractivity contribution in [2.45, 2.75) is 13.0 Å². The molecule has 82 valence electrons. The zero-order valence-corrected chi connectivity index (χ0v) is 10.4. The van der Waals surface area contributed by atoms with Crippen LogP contribution in [0.1, 0.15) is 12.0 Å². The topological polar surface area (TPSA) is 53.1 Å². The number of hydrogen-bond donors (Lipinski definition) is 2. The van der Waals surface area contributed by atoms with Crippen molar-refractivity contribution in [2.75, 3.05) is 13.6 Å². The first-order valence-corrected chi connectivity index (χ1v) is 5.63. The van der Waals surface area contributed by atoms with Crippen molar-refractivity contribution >= 4 is 21.8 Å². The molecule has 0 amide bonds. The molecule has 4 heteroatoms. The molecule has 0 saturated carbocycles. The lowest BCUT2D eigenvalue weighted by Crippen LogP contribution is -2.23. The van der Waals surface area contributed by atoms with Crippen LogP contribution in [-0.2, 0) is 6.54 Å². The van der Waals surface area contributed by atoms with Gasteiger partial charge in [-0.2, -0.15) is 0 Å². The van der Waals surface area contributed by atoms with Gasteiger partial charge >= 0.3 is 0 Å². The summed E-state index contributed by atoms with van der Waals surface area (Å²) in [6, 6.07) is 8.25. The average Bonchev–Trinajstić information content (AvgIpc) is 2.19. The molecular weight excluding hydrogens is 254 g/mol. The van der Waals surface area contributed by atoms with Gasteiger partial charge < -0.3 is 10.6 Å². The van der Waals surface area contributed by atoms with Gasteiger partial charge in [0, 0.05) is 24.0 Å². The van der Waals surface area contributed by atoms with Crippen LogP contribution < -0.4 is 5.73 Å². The smallest absolute Gasteiger partial charge is 0.0918 e. The highest BCUT2D eigenvalue weighted by molar-refractivity contribution is 9.10. The number of halogens is 1. The van der Waals surface area contributed by atoms with Crippen molar-refractivity contribution in [1.82, 2.24) is 4.90 Å². The van der Waals surface area contributed by atoms with Crippen molar-refractivity contribution in [2.24, 2.45) is 5.73 Å². The molecule has 3 nitrogen and oxygen atoms in total. The van der Waals surface area contributed by atoms with Crippen molar-refractivity contribution in [3.63, 3.8) is 0 Å². The van der Waals surface area contributed by atoms with Crippen LogP contribution in [0.5, 0.6) is 0 Å². The molecule has 0 unspecified atom stereocenters. The van der Waals surface area contributed by atoms with Gasteiger partial charge in [0.2, 0.25) is 0 Å². The lowest BCUT2D eigenvalue weighted by atomic mass is 10.2. The van der Waals surface area contributed by atoms with E-state index in [2.05, 4.69) is 33.0 Å². The Balaban J connectivity index is 2.40. The van der Waals surface area contributed by atoms with Gasteiger partial charge in [-0.3, -0.25) is 5.41 Å². The summed E-state index contributed by atoms with van der Waals surface area (Å²) in [4.78, 5) is 2.16. The van der Waals surface area contributed by atoms with Crippen LogP contribution in [0.25, 0.3) is 0 Å². The average molecular weight is 270 g/mol. The maximum Gasteiger partial charge on any atom is 0.0918 e. The van der Waals surface area contributed by atoms with Crippen LogP contribution >= 0.6 is 15.9 Å². The Morgan fingerprint density at radius 3 is 2.53 bits per heavy atom. The van der Waals surface area contributed by atoms with Gasteiger partial charge in [-0.05, 0) is 24.7 Å². The number of amidine groups is 1. The third-order valence-corrected chi connectivity index (χ3v) is 2.66.